The van der Waals surface area contributed by atoms with Crippen molar-refractivity contribution >= 4 is 55.8 Å². The molecule has 36 heavy (non-hydrogen) atoms. The SMILES string of the molecule is C[C@H](c1ccc(Cl)cc1Cl)n1nc(N)c2ncc(N3CC([C@H]4CCCN(CCS(C)(=O)=O)C4)C3)nc21. The van der Waals surface area contributed by atoms with Crippen LogP contribution in [0.5, 0.6) is 0 Å². The van der Waals surface area contributed by atoms with Crippen molar-refractivity contribution in [3.05, 3.63) is 40.0 Å². The Labute approximate surface area is 221 Å². The topological polar surface area (TPSA) is 110 Å². The molecule has 3 aromatic rings. The van der Waals surface area contributed by atoms with Gasteiger partial charge in [-0.15, -0.1) is 0 Å². The van der Waals surface area contributed by atoms with Gasteiger partial charge in [-0.25, -0.2) is 23.1 Å². The van der Waals surface area contributed by atoms with Crippen LogP contribution in [-0.4, -0.2) is 77.8 Å². The summed E-state index contributed by atoms with van der Waals surface area (Å²) < 4.78 is 24.9. The summed E-state index contributed by atoms with van der Waals surface area (Å²) in [5.41, 5.74) is 8.23. The number of nitrogens with two attached hydrogens (primary N) is 1. The third kappa shape index (κ3) is 5.27. The third-order valence-electron chi connectivity index (χ3n) is 7.42. The molecule has 2 aliphatic heterocycles. The van der Waals surface area contributed by atoms with Crippen LogP contribution in [0.2, 0.25) is 10.0 Å². The quantitative estimate of drug-likeness (QED) is 0.474. The predicted octanol–water partition coefficient (Wildman–Crippen LogP) is 3.52. The number of piperidine rings is 1. The van der Waals surface area contributed by atoms with E-state index in [0.29, 0.717) is 45.4 Å². The predicted molar refractivity (Wildman–Crippen MR) is 145 cm³/mol. The van der Waals surface area contributed by atoms with E-state index >= 15 is 0 Å². The van der Waals surface area contributed by atoms with E-state index in [1.165, 1.54) is 12.7 Å². The zero-order valence-electron chi connectivity index (χ0n) is 20.4. The first-order valence-electron chi connectivity index (χ1n) is 12.2. The Morgan fingerprint density at radius 3 is 2.69 bits per heavy atom. The minimum absolute atomic E-state index is 0.205. The number of nitrogen functional groups attached to an aromatic ring is 1. The van der Waals surface area contributed by atoms with Crippen LogP contribution in [-0.2, 0) is 9.84 Å². The highest BCUT2D eigenvalue weighted by atomic mass is 35.5. The highest BCUT2D eigenvalue weighted by Crippen LogP contribution is 2.35. The Morgan fingerprint density at radius 2 is 1.97 bits per heavy atom. The Kier molecular flexibility index (Phi) is 7.06. The lowest BCUT2D eigenvalue weighted by Crippen LogP contribution is -2.54. The van der Waals surface area contributed by atoms with Gasteiger partial charge in [-0.05, 0) is 55.8 Å². The summed E-state index contributed by atoms with van der Waals surface area (Å²) in [4.78, 5) is 14.0. The van der Waals surface area contributed by atoms with Gasteiger partial charge >= 0.3 is 0 Å². The number of anilines is 2. The lowest BCUT2D eigenvalue weighted by molar-refractivity contribution is 0.125. The molecule has 0 spiro atoms. The van der Waals surface area contributed by atoms with Gasteiger partial charge in [-0.3, -0.25) is 0 Å². The standard InChI is InChI=1S/C24H31Cl2N7O2S/c1-15(19-6-5-18(25)10-20(19)26)33-24-22(23(27)30-33)28-11-21(29-24)32-13-17(14-32)16-4-3-7-31(12-16)8-9-36(2,34)35/h5-6,10-11,15-17H,3-4,7-9,12-14H2,1-2H3,(H2,27,30)/t15-,16+/m1/s1. The van der Waals surface area contributed by atoms with E-state index < -0.39 is 9.84 Å². The maximum atomic E-state index is 11.6. The Balaban J connectivity index is 1.29. The molecule has 9 nitrogen and oxygen atoms in total. The molecule has 0 amide bonds. The van der Waals surface area contributed by atoms with Crippen LogP contribution in [0.25, 0.3) is 11.2 Å². The maximum Gasteiger partial charge on any atom is 0.181 e. The highest BCUT2D eigenvalue weighted by molar-refractivity contribution is 7.90. The largest absolute Gasteiger partial charge is 0.380 e. The van der Waals surface area contributed by atoms with E-state index in [1.54, 1.807) is 23.0 Å². The second-order valence-electron chi connectivity index (χ2n) is 10.1. The van der Waals surface area contributed by atoms with Crippen molar-refractivity contribution in [3.63, 3.8) is 0 Å². The molecular weight excluding hydrogens is 521 g/mol. The summed E-state index contributed by atoms with van der Waals surface area (Å²) in [7, 11) is -2.94. The summed E-state index contributed by atoms with van der Waals surface area (Å²) >= 11 is 12.5. The fourth-order valence-electron chi connectivity index (χ4n) is 5.29. The first kappa shape index (κ1) is 25.5. The Morgan fingerprint density at radius 1 is 1.19 bits per heavy atom. The third-order valence-corrected chi connectivity index (χ3v) is 8.90. The molecular formula is C24H31Cl2N7O2S. The number of fused-ring (bicyclic) bond motifs is 1. The molecule has 4 heterocycles. The number of hydrogen-bond acceptors (Lipinski definition) is 8. The minimum atomic E-state index is -2.94. The molecule has 2 aliphatic rings. The van der Waals surface area contributed by atoms with E-state index in [0.717, 1.165) is 44.0 Å². The van der Waals surface area contributed by atoms with Crippen molar-refractivity contribution < 1.29 is 8.42 Å². The second kappa shape index (κ2) is 9.96. The van der Waals surface area contributed by atoms with Crippen LogP contribution in [0.3, 0.4) is 0 Å². The van der Waals surface area contributed by atoms with Gasteiger partial charge in [-0.1, -0.05) is 29.3 Å². The average molecular weight is 553 g/mol. The average Bonchev–Trinajstić information content (AvgIpc) is 3.12. The molecule has 0 aliphatic carbocycles. The smallest absolute Gasteiger partial charge is 0.181 e. The Bertz CT molecular complexity index is 1370. The number of rotatable bonds is 7. The van der Waals surface area contributed by atoms with Gasteiger partial charge in [-0.2, -0.15) is 5.10 Å². The van der Waals surface area contributed by atoms with Crippen LogP contribution >= 0.6 is 23.2 Å². The highest BCUT2D eigenvalue weighted by Gasteiger charge is 2.37. The van der Waals surface area contributed by atoms with Gasteiger partial charge in [0.25, 0.3) is 0 Å². The molecule has 2 saturated heterocycles. The number of benzene rings is 1. The number of aromatic nitrogens is 4. The summed E-state index contributed by atoms with van der Waals surface area (Å²) in [6, 6.07) is 5.21. The van der Waals surface area contributed by atoms with Crippen molar-refractivity contribution in [2.75, 3.05) is 55.4 Å². The fourth-order valence-corrected chi connectivity index (χ4v) is 6.44. The van der Waals surface area contributed by atoms with Crippen LogP contribution in [0.4, 0.5) is 11.6 Å². The van der Waals surface area contributed by atoms with E-state index in [4.69, 9.17) is 33.9 Å². The fraction of sp³-hybridized carbons (Fsp3) is 0.542. The molecule has 0 unspecified atom stereocenters. The van der Waals surface area contributed by atoms with Crippen molar-refractivity contribution in [2.24, 2.45) is 11.8 Å². The number of likely N-dealkylation sites (tertiary alicyclic amines) is 1. The van der Waals surface area contributed by atoms with E-state index in [2.05, 4.69) is 19.9 Å². The van der Waals surface area contributed by atoms with Crippen LogP contribution in [0.1, 0.15) is 31.4 Å². The lowest BCUT2D eigenvalue weighted by Gasteiger charge is -2.47. The van der Waals surface area contributed by atoms with E-state index in [-0.39, 0.29) is 11.8 Å². The van der Waals surface area contributed by atoms with Gasteiger partial charge in [0.2, 0.25) is 0 Å². The van der Waals surface area contributed by atoms with Gasteiger partial charge in [0.15, 0.2) is 17.0 Å². The monoisotopic (exact) mass is 551 g/mol. The van der Waals surface area contributed by atoms with Gasteiger partial charge in [0.1, 0.15) is 15.7 Å². The number of nitrogens with zero attached hydrogens (tertiary/aromatic N) is 6. The zero-order valence-corrected chi connectivity index (χ0v) is 22.8. The number of hydrogen-bond donors (Lipinski definition) is 1. The van der Waals surface area contributed by atoms with Gasteiger partial charge < -0.3 is 15.5 Å². The normalized spacial score (nSPS) is 20.6. The summed E-state index contributed by atoms with van der Waals surface area (Å²) in [5, 5.41) is 5.65. The molecule has 2 aromatic heterocycles. The van der Waals surface area contributed by atoms with Crippen molar-refractivity contribution in [2.45, 2.75) is 25.8 Å². The molecule has 5 rings (SSSR count). The first-order valence-corrected chi connectivity index (χ1v) is 15.0. The van der Waals surface area contributed by atoms with Gasteiger partial charge in [0, 0.05) is 42.5 Å². The first-order chi connectivity index (χ1) is 17.1. The molecule has 0 radical (unpaired) electrons. The number of halogens is 2. The van der Waals surface area contributed by atoms with Crippen LogP contribution < -0.4 is 10.6 Å². The van der Waals surface area contributed by atoms with Crippen LogP contribution in [0.15, 0.2) is 24.4 Å². The minimum Gasteiger partial charge on any atom is -0.380 e. The molecule has 1 aromatic carbocycles. The molecule has 2 fully saturated rings. The molecule has 0 bridgehead atoms. The van der Waals surface area contributed by atoms with Crippen molar-refractivity contribution in [1.82, 2.24) is 24.6 Å². The van der Waals surface area contributed by atoms with Crippen molar-refractivity contribution in [1.29, 1.82) is 0 Å². The van der Waals surface area contributed by atoms with E-state index in [1.807, 2.05) is 13.0 Å². The summed E-state index contributed by atoms with van der Waals surface area (Å²) in [6.45, 7) is 6.37. The summed E-state index contributed by atoms with van der Waals surface area (Å²) in [6.07, 6.45) is 5.36. The van der Waals surface area contributed by atoms with Crippen molar-refractivity contribution in [3.8, 4) is 0 Å². The molecule has 2 N–H and O–H groups in total. The van der Waals surface area contributed by atoms with E-state index in [9.17, 15) is 8.42 Å². The van der Waals surface area contributed by atoms with Crippen LogP contribution in [0, 0.1) is 11.8 Å². The Hall–Kier alpha value is -2.14. The molecule has 0 saturated carbocycles. The maximum absolute atomic E-state index is 11.6. The zero-order chi connectivity index (χ0) is 25.6. The lowest BCUT2D eigenvalue weighted by atomic mass is 9.80. The molecule has 2 atom stereocenters. The summed E-state index contributed by atoms with van der Waals surface area (Å²) in [5.74, 6) is 2.49. The van der Waals surface area contributed by atoms with Gasteiger partial charge in [0.05, 0.1) is 18.0 Å². The number of sulfone groups is 1. The molecule has 12 heteroatoms. The second-order valence-corrected chi connectivity index (χ2v) is 13.2. The molecule has 194 valence electrons.